The van der Waals surface area contributed by atoms with Crippen molar-refractivity contribution in [2.45, 2.75) is 0 Å². The Labute approximate surface area is 158 Å². The first-order valence-corrected chi connectivity index (χ1v) is 9.47. The zero-order valence-electron chi connectivity index (χ0n) is 15.4. The second kappa shape index (κ2) is 8.14. The van der Waals surface area contributed by atoms with Gasteiger partial charge in [-0.05, 0) is 18.2 Å². The average molecular weight is 375 g/mol. The normalized spacial score (nSPS) is 20.4. The first kappa shape index (κ1) is 18.1. The van der Waals surface area contributed by atoms with Crippen molar-refractivity contribution >= 4 is 11.8 Å². The van der Waals surface area contributed by atoms with E-state index in [0.29, 0.717) is 89.3 Å². The van der Waals surface area contributed by atoms with Gasteiger partial charge < -0.3 is 24.0 Å². The number of amides is 2. The zero-order valence-corrected chi connectivity index (χ0v) is 15.4. The molecule has 0 radical (unpaired) electrons. The summed E-state index contributed by atoms with van der Waals surface area (Å²) < 4.78 is 16.3. The van der Waals surface area contributed by atoms with Crippen molar-refractivity contribution in [1.29, 1.82) is 0 Å². The SMILES string of the molecule is O=C(CN1CCN(C(=O)N2CCOCC2)CC1)c1ccc2c(c1)OCCO2. The highest BCUT2D eigenvalue weighted by Crippen LogP contribution is 2.30. The molecule has 3 aliphatic rings. The number of piperazine rings is 1. The van der Waals surface area contributed by atoms with Crippen LogP contribution in [0.2, 0.25) is 0 Å². The van der Waals surface area contributed by atoms with Crippen LogP contribution in [0.5, 0.6) is 11.5 Å². The van der Waals surface area contributed by atoms with Crippen molar-refractivity contribution in [3.8, 4) is 11.5 Å². The molecule has 0 spiro atoms. The highest BCUT2D eigenvalue weighted by molar-refractivity contribution is 5.98. The molecule has 8 heteroatoms. The van der Waals surface area contributed by atoms with Gasteiger partial charge in [0.1, 0.15) is 13.2 Å². The number of ketones is 1. The van der Waals surface area contributed by atoms with Crippen molar-refractivity contribution in [2.75, 3.05) is 72.2 Å². The standard InChI is InChI=1S/C19H25N3O5/c23-16(15-1-2-17-18(13-15)27-12-11-26-17)14-20-3-5-21(6-4-20)19(24)22-7-9-25-10-8-22/h1-2,13H,3-12,14H2. The lowest BCUT2D eigenvalue weighted by atomic mass is 10.1. The topological polar surface area (TPSA) is 71.6 Å². The molecule has 3 aliphatic heterocycles. The van der Waals surface area contributed by atoms with Crippen LogP contribution in [-0.4, -0.2) is 98.8 Å². The van der Waals surface area contributed by atoms with Gasteiger partial charge in [-0.25, -0.2) is 4.79 Å². The van der Waals surface area contributed by atoms with Crippen LogP contribution in [0.15, 0.2) is 18.2 Å². The number of nitrogens with zero attached hydrogens (tertiary/aromatic N) is 3. The Balaban J connectivity index is 1.28. The predicted molar refractivity (Wildman–Crippen MR) is 97.6 cm³/mol. The maximum atomic E-state index is 12.6. The lowest BCUT2D eigenvalue weighted by Gasteiger charge is -2.38. The molecule has 8 nitrogen and oxygen atoms in total. The van der Waals surface area contributed by atoms with Gasteiger partial charge in [-0.3, -0.25) is 9.69 Å². The summed E-state index contributed by atoms with van der Waals surface area (Å²) in [4.78, 5) is 31.0. The number of morpholine rings is 1. The molecule has 146 valence electrons. The van der Waals surface area contributed by atoms with E-state index < -0.39 is 0 Å². The fourth-order valence-electron chi connectivity index (χ4n) is 3.56. The van der Waals surface area contributed by atoms with E-state index in [1.54, 1.807) is 18.2 Å². The number of fused-ring (bicyclic) bond motifs is 1. The number of benzene rings is 1. The molecule has 0 unspecified atom stereocenters. The van der Waals surface area contributed by atoms with Crippen LogP contribution >= 0.6 is 0 Å². The molecule has 2 saturated heterocycles. The van der Waals surface area contributed by atoms with Crippen molar-refractivity contribution < 1.29 is 23.8 Å². The minimum absolute atomic E-state index is 0.0555. The summed E-state index contributed by atoms with van der Waals surface area (Å²) in [5, 5.41) is 0. The van der Waals surface area contributed by atoms with Crippen LogP contribution in [0, 0.1) is 0 Å². The van der Waals surface area contributed by atoms with Crippen LogP contribution in [0.1, 0.15) is 10.4 Å². The van der Waals surface area contributed by atoms with Gasteiger partial charge >= 0.3 is 6.03 Å². The quantitative estimate of drug-likeness (QED) is 0.725. The molecule has 0 aliphatic carbocycles. The van der Waals surface area contributed by atoms with Crippen LogP contribution in [0.25, 0.3) is 0 Å². The Morgan fingerprint density at radius 3 is 2.22 bits per heavy atom. The van der Waals surface area contributed by atoms with Gasteiger partial charge in [0.2, 0.25) is 0 Å². The predicted octanol–water partition coefficient (Wildman–Crippen LogP) is 0.710. The molecule has 0 atom stereocenters. The first-order chi connectivity index (χ1) is 13.2. The molecule has 1 aromatic rings. The maximum Gasteiger partial charge on any atom is 0.320 e. The number of carbonyl (C=O) groups is 2. The van der Waals surface area contributed by atoms with Gasteiger partial charge in [-0.2, -0.15) is 0 Å². The maximum absolute atomic E-state index is 12.6. The Morgan fingerprint density at radius 2 is 1.48 bits per heavy atom. The summed E-state index contributed by atoms with van der Waals surface area (Å²) in [6, 6.07) is 5.42. The average Bonchev–Trinajstić information content (AvgIpc) is 2.74. The van der Waals surface area contributed by atoms with E-state index >= 15 is 0 Å². The minimum atomic E-state index is 0.0555. The van der Waals surface area contributed by atoms with Crippen LogP contribution in [0.4, 0.5) is 4.79 Å². The summed E-state index contributed by atoms with van der Waals surface area (Å²) in [6.07, 6.45) is 0. The third-order valence-electron chi connectivity index (χ3n) is 5.16. The lowest BCUT2D eigenvalue weighted by Crippen LogP contribution is -2.55. The van der Waals surface area contributed by atoms with E-state index in [1.807, 2.05) is 9.80 Å². The number of hydrogen-bond donors (Lipinski definition) is 0. The number of Topliss-reactive ketones (excluding diaryl/α,β-unsaturated/α-hetero) is 1. The highest BCUT2D eigenvalue weighted by atomic mass is 16.6. The number of urea groups is 1. The lowest BCUT2D eigenvalue weighted by molar-refractivity contribution is 0.0376. The third-order valence-corrected chi connectivity index (χ3v) is 5.16. The number of carbonyl (C=O) groups excluding carboxylic acids is 2. The van der Waals surface area contributed by atoms with Crippen molar-refractivity contribution in [2.24, 2.45) is 0 Å². The Morgan fingerprint density at radius 1 is 0.815 bits per heavy atom. The molecular formula is C19H25N3O5. The van der Waals surface area contributed by atoms with E-state index in [0.717, 1.165) is 0 Å². The van der Waals surface area contributed by atoms with E-state index in [1.165, 1.54) is 0 Å². The van der Waals surface area contributed by atoms with Gasteiger partial charge in [0, 0.05) is 44.8 Å². The van der Waals surface area contributed by atoms with E-state index in [9.17, 15) is 9.59 Å². The molecule has 2 fully saturated rings. The van der Waals surface area contributed by atoms with Gasteiger partial charge in [0.05, 0.1) is 19.8 Å². The summed E-state index contributed by atoms with van der Waals surface area (Å²) in [6.45, 7) is 6.60. The van der Waals surface area contributed by atoms with E-state index in [4.69, 9.17) is 14.2 Å². The number of ether oxygens (including phenoxy) is 3. The molecule has 4 rings (SSSR count). The summed E-state index contributed by atoms with van der Waals surface area (Å²) in [5.74, 6) is 1.38. The Bertz CT molecular complexity index is 697. The van der Waals surface area contributed by atoms with Gasteiger partial charge in [-0.1, -0.05) is 0 Å². The van der Waals surface area contributed by atoms with Crippen LogP contribution in [0.3, 0.4) is 0 Å². The monoisotopic (exact) mass is 375 g/mol. The summed E-state index contributed by atoms with van der Waals surface area (Å²) >= 11 is 0. The number of hydrogen-bond acceptors (Lipinski definition) is 6. The number of rotatable bonds is 3. The molecule has 0 aromatic heterocycles. The highest BCUT2D eigenvalue weighted by Gasteiger charge is 2.27. The molecule has 2 amide bonds. The van der Waals surface area contributed by atoms with Crippen LogP contribution in [-0.2, 0) is 4.74 Å². The van der Waals surface area contributed by atoms with Crippen molar-refractivity contribution in [3.05, 3.63) is 23.8 Å². The fraction of sp³-hybridized carbons (Fsp3) is 0.579. The molecule has 0 N–H and O–H groups in total. The summed E-state index contributed by atoms with van der Waals surface area (Å²) in [5.41, 5.74) is 0.631. The molecule has 0 bridgehead atoms. The Hall–Kier alpha value is -2.32. The van der Waals surface area contributed by atoms with Crippen LogP contribution < -0.4 is 9.47 Å². The third kappa shape index (κ3) is 4.17. The van der Waals surface area contributed by atoms with Gasteiger partial charge in [0.25, 0.3) is 0 Å². The minimum Gasteiger partial charge on any atom is -0.486 e. The molecular weight excluding hydrogens is 350 g/mol. The molecule has 1 aromatic carbocycles. The molecule has 0 saturated carbocycles. The Kier molecular flexibility index (Phi) is 5.45. The zero-order chi connectivity index (χ0) is 18.6. The molecule has 3 heterocycles. The van der Waals surface area contributed by atoms with Gasteiger partial charge in [0.15, 0.2) is 17.3 Å². The van der Waals surface area contributed by atoms with E-state index in [2.05, 4.69) is 4.90 Å². The second-order valence-electron chi connectivity index (χ2n) is 6.93. The second-order valence-corrected chi connectivity index (χ2v) is 6.93. The molecule has 27 heavy (non-hydrogen) atoms. The first-order valence-electron chi connectivity index (χ1n) is 9.47. The summed E-state index contributed by atoms with van der Waals surface area (Å²) in [7, 11) is 0. The van der Waals surface area contributed by atoms with Crippen molar-refractivity contribution in [1.82, 2.24) is 14.7 Å². The smallest absolute Gasteiger partial charge is 0.320 e. The van der Waals surface area contributed by atoms with E-state index in [-0.39, 0.29) is 11.8 Å². The van der Waals surface area contributed by atoms with Gasteiger partial charge in [-0.15, -0.1) is 0 Å². The van der Waals surface area contributed by atoms with Crippen molar-refractivity contribution in [3.63, 3.8) is 0 Å². The fourth-order valence-corrected chi connectivity index (χ4v) is 3.56. The largest absolute Gasteiger partial charge is 0.486 e.